The predicted octanol–water partition coefficient (Wildman–Crippen LogP) is 6.37. The van der Waals surface area contributed by atoms with Crippen molar-refractivity contribution in [2.75, 3.05) is 0 Å². The molecule has 0 amide bonds. The van der Waals surface area contributed by atoms with E-state index in [0.717, 1.165) is 43.8 Å². The molecule has 2 aromatic heterocycles. The van der Waals surface area contributed by atoms with Gasteiger partial charge in [0.15, 0.2) is 0 Å². The van der Waals surface area contributed by atoms with Crippen LogP contribution in [0.3, 0.4) is 0 Å². The number of fused-ring (bicyclic) bond motifs is 3. The Morgan fingerprint density at radius 3 is 2.35 bits per heavy atom. The molecule has 2 heterocycles. The third-order valence-corrected chi connectivity index (χ3v) is 5.77. The molecule has 6 rings (SSSR count). The molecule has 0 unspecified atom stereocenters. The Balaban J connectivity index is 1.73. The number of pyridine rings is 1. The Morgan fingerprint density at radius 2 is 1.45 bits per heavy atom. The van der Waals surface area contributed by atoms with Crippen LogP contribution in [-0.2, 0) is 0 Å². The number of aromatic hydroxyl groups is 1. The van der Waals surface area contributed by atoms with Gasteiger partial charge >= 0.3 is 0 Å². The lowest BCUT2D eigenvalue weighted by molar-refractivity contribution is 0.480. The summed E-state index contributed by atoms with van der Waals surface area (Å²) in [7, 11) is 0. The SMILES string of the molecule is Oc1ccc(-c2c3ccccc3cc3cc(-c4cncnc4)ccc23)c2cccnc12. The van der Waals surface area contributed by atoms with Crippen molar-refractivity contribution < 1.29 is 5.11 Å². The second-order valence-corrected chi connectivity index (χ2v) is 7.57. The Labute approximate surface area is 178 Å². The van der Waals surface area contributed by atoms with Crippen molar-refractivity contribution in [3.05, 3.63) is 97.7 Å². The number of rotatable bonds is 2. The highest BCUT2D eigenvalue weighted by Crippen LogP contribution is 2.41. The van der Waals surface area contributed by atoms with E-state index in [9.17, 15) is 5.11 Å². The number of nitrogens with zero attached hydrogens (tertiary/aromatic N) is 3. The van der Waals surface area contributed by atoms with Gasteiger partial charge in [0, 0.05) is 29.5 Å². The number of hydrogen-bond donors (Lipinski definition) is 1. The van der Waals surface area contributed by atoms with Gasteiger partial charge in [-0.1, -0.05) is 42.5 Å². The fourth-order valence-corrected chi connectivity index (χ4v) is 4.37. The number of phenols is 1. The highest BCUT2D eigenvalue weighted by molar-refractivity contribution is 6.17. The summed E-state index contributed by atoms with van der Waals surface area (Å²) in [5.41, 5.74) is 4.87. The fourth-order valence-electron chi connectivity index (χ4n) is 4.37. The highest BCUT2D eigenvalue weighted by Gasteiger charge is 2.15. The molecule has 4 nitrogen and oxygen atoms in total. The average Bonchev–Trinajstić information content (AvgIpc) is 2.83. The maximum atomic E-state index is 10.4. The summed E-state index contributed by atoms with van der Waals surface area (Å²) in [4.78, 5) is 12.7. The number of aromatic nitrogens is 3. The first-order valence-electron chi connectivity index (χ1n) is 10.1. The van der Waals surface area contributed by atoms with E-state index in [1.165, 1.54) is 5.39 Å². The third kappa shape index (κ3) is 2.81. The van der Waals surface area contributed by atoms with E-state index in [-0.39, 0.29) is 5.75 Å². The molecule has 0 aliphatic carbocycles. The zero-order valence-electron chi connectivity index (χ0n) is 16.5. The molecule has 0 aliphatic rings. The lowest BCUT2D eigenvalue weighted by atomic mass is 9.89. The van der Waals surface area contributed by atoms with Crippen molar-refractivity contribution in [3.8, 4) is 28.0 Å². The molecule has 0 fully saturated rings. The minimum atomic E-state index is 0.190. The van der Waals surface area contributed by atoms with Gasteiger partial charge in [0.05, 0.1) is 0 Å². The standard InChI is InChI=1S/C27H17N3O/c31-25-10-9-23(24-6-3-11-30-27(24)25)26-21-5-2-1-4-18(21)13-19-12-17(7-8-22(19)26)20-14-28-16-29-15-20/h1-16,31H. The Bertz CT molecular complexity index is 1590. The summed E-state index contributed by atoms with van der Waals surface area (Å²) in [5.74, 6) is 0.190. The second kappa shape index (κ2) is 6.89. The molecular formula is C27H17N3O. The molecule has 0 radical (unpaired) electrons. The fraction of sp³-hybridized carbons (Fsp3) is 0. The summed E-state index contributed by atoms with van der Waals surface area (Å²) in [6.45, 7) is 0. The normalized spacial score (nSPS) is 11.4. The van der Waals surface area contributed by atoms with Crippen LogP contribution in [0, 0.1) is 0 Å². The summed E-state index contributed by atoms with van der Waals surface area (Å²) < 4.78 is 0. The molecule has 0 saturated heterocycles. The van der Waals surface area contributed by atoms with Gasteiger partial charge in [-0.3, -0.25) is 4.98 Å². The van der Waals surface area contributed by atoms with Crippen LogP contribution in [0.1, 0.15) is 0 Å². The maximum Gasteiger partial charge on any atom is 0.141 e. The molecule has 31 heavy (non-hydrogen) atoms. The van der Waals surface area contributed by atoms with Crippen molar-refractivity contribution in [3.63, 3.8) is 0 Å². The van der Waals surface area contributed by atoms with Crippen LogP contribution in [0.2, 0.25) is 0 Å². The Kier molecular flexibility index (Phi) is 3.90. The summed E-state index contributed by atoms with van der Waals surface area (Å²) >= 11 is 0. The van der Waals surface area contributed by atoms with E-state index in [4.69, 9.17) is 0 Å². The topological polar surface area (TPSA) is 58.9 Å². The Morgan fingerprint density at radius 1 is 0.645 bits per heavy atom. The molecule has 4 aromatic carbocycles. The second-order valence-electron chi connectivity index (χ2n) is 7.57. The predicted molar refractivity (Wildman–Crippen MR) is 125 cm³/mol. The van der Waals surface area contributed by atoms with E-state index >= 15 is 0 Å². The molecule has 6 aromatic rings. The summed E-state index contributed by atoms with van der Waals surface area (Å²) in [5, 5.41) is 15.9. The summed E-state index contributed by atoms with van der Waals surface area (Å²) in [6, 6.07) is 24.7. The molecule has 0 spiro atoms. The van der Waals surface area contributed by atoms with Crippen molar-refractivity contribution in [2.45, 2.75) is 0 Å². The smallest absolute Gasteiger partial charge is 0.141 e. The van der Waals surface area contributed by atoms with Gasteiger partial charge in [0.25, 0.3) is 0 Å². The van der Waals surface area contributed by atoms with E-state index in [2.05, 4.69) is 63.5 Å². The van der Waals surface area contributed by atoms with Crippen LogP contribution in [0.5, 0.6) is 5.75 Å². The van der Waals surface area contributed by atoms with Crippen LogP contribution in [0.25, 0.3) is 54.7 Å². The zero-order valence-corrected chi connectivity index (χ0v) is 16.5. The van der Waals surface area contributed by atoms with E-state index in [1.807, 2.05) is 30.6 Å². The first kappa shape index (κ1) is 17.5. The molecular weight excluding hydrogens is 382 g/mol. The van der Waals surface area contributed by atoms with Gasteiger partial charge in [-0.25, -0.2) is 9.97 Å². The van der Waals surface area contributed by atoms with Gasteiger partial charge in [0.2, 0.25) is 0 Å². The third-order valence-electron chi connectivity index (χ3n) is 5.77. The highest BCUT2D eigenvalue weighted by atomic mass is 16.3. The molecule has 0 aliphatic heterocycles. The lowest BCUT2D eigenvalue weighted by Crippen LogP contribution is -1.90. The first-order chi connectivity index (χ1) is 15.3. The van der Waals surface area contributed by atoms with Gasteiger partial charge in [0.1, 0.15) is 17.6 Å². The number of phenolic OH excluding ortho intramolecular Hbond substituents is 1. The Hall–Kier alpha value is -4.31. The van der Waals surface area contributed by atoms with Crippen molar-refractivity contribution in [1.29, 1.82) is 0 Å². The average molecular weight is 399 g/mol. The monoisotopic (exact) mass is 399 g/mol. The van der Waals surface area contributed by atoms with E-state index in [0.29, 0.717) is 5.52 Å². The zero-order chi connectivity index (χ0) is 20.8. The van der Waals surface area contributed by atoms with Gasteiger partial charge < -0.3 is 5.11 Å². The van der Waals surface area contributed by atoms with Crippen LogP contribution >= 0.6 is 0 Å². The quantitative estimate of drug-likeness (QED) is 0.344. The van der Waals surface area contributed by atoms with Crippen LogP contribution in [0.4, 0.5) is 0 Å². The van der Waals surface area contributed by atoms with Crippen molar-refractivity contribution in [1.82, 2.24) is 15.0 Å². The van der Waals surface area contributed by atoms with E-state index < -0.39 is 0 Å². The minimum absolute atomic E-state index is 0.190. The van der Waals surface area contributed by atoms with Crippen LogP contribution in [-0.4, -0.2) is 20.1 Å². The van der Waals surface area contributed by atoms with Gasteiger partial charge in [-0.15, -0.1) is 0 Å². The number of hydrogen-bond acceptors (Lipinski definition) is 4. The summed E-state index contributed by atoms with van der Waals surface area (Å²) in [6.07, 6.45) is 6.91. The lowest BCUT2D eigenvalue weighted by Gasteiger charge is -2.15. The van der Waals surface area contributed by atoms with E-state index in [1.54, 1.807) is 18.6 Å². The number of benzene rings is 4. The van der Waals surface area contributed by atoms with Crippen LogP contribution < -0.4 is 0 Å². The largest absolute Gasteiger partial charge is 0.506 e. The van der Waals surface area contributed by atoms with Gasteiger partial charge in [-0.05, 0) is 68.6 Å². The maximum absolute atomic E-state index is 10.4. The molecule has 0 bridgehead atoms. The first-order valence-corrected chi connectivity index (χ1v) is 10.1. The van der Waals surface area contributed by atoms with Crippen molar-refractivity contribution >= 4 is 32.4 Å². The van der Waals surface area contributed by atoms with Crippen LogP contribution in [0.15, 0.2) is 97.7 Å². The molecule has 0 atom stereocenters. The van der Waals surface area contributed by atoms with Crippen molar-refractivity contribution in [2.24, 2.45) is 0 Å². The molecule has 1 N–H and O–H groups in total. The molecule has 146 valence electrons. The van der Waals surface area contributed by atoms with Gasteiger partial charge in [-0.2, -0.15) is 0 Å². The minimum Gasteiger partial charge on any atom is -0.506 e. The molecule has 0 saturated carbocycles. The molecule has 4 heteroatoms.